The Morgan fingerprint density at radius 1 is 0.414 bits per heavy atom. The molecule has 0 bridgehead atoms. The van der Waals surface area contributed by atoms with Gasteiger partial charge in [-0.25, -0.2) is 0 Å². The van der Waals surface area contributed by atoms with Crippen LogP contribution in [0.3, 0.4) is 0 Å². The molecule has 1 aliphatic heterocycles. The molecule has 0 atom stereocenters. The lowest BCUT2D eigenvalue weighted by atomic mass is 10.00. The standard InChI is InChI=1S/C52H38N6/c1-30-9-13-44-35(21-30)36-22-31(2)10-14-45(36)57(44)51-26-39(43-25-34-7-5-6-8-42(34)55-43)50(56-48-17-19-53-28-40(48)41-29-54-20-18-49(41)56)27-52(51)58-46-15-11-32(3)23-37(46)38-24-33(4)12-16-47(38)58/h5-24,26-29H,25H2,1-4H3. The third-order valence-electron chi connectivity index (χ3n) is 12.3. The van der Waals surface area contributed by atoms with Crippen LogP contribution in [-0.4, -0.2) is 29.4 Å². The van der Waals surface area contributed by atoms with Crippen molar-refractivity contribution >= 4 is 76.8 Å². The minimum absolute atomic E-state index is 0.738. The third kappa shape index (κ3) is 4.69. The van der Waals surface area contributed by atoms with Crippen LogP contribution in [0.5, 0.6) is 0 Å². The Hall–Kier alpha value is -7.31. The first-order valence-electron chi connectivity index (χ1n) is 20.0. The van der Waals surface area contributed by atoms with E-state index in [0.29, 0.717) is 0 Å². The zero-order chi connectivity index (χ0) is 38.8. The first kappa shape index (κ1) is 32.9. The van der Waals surface area contributed by atoms with Gasteiger partial charge >= 0.3 is 0 Å². The summed E-state index contributed by atoms with van der Waals surface area (Å²) in [5.41, 5.74) is 19.4. The molecule has 6 aromatic carbocycles. The Kier molecular flexibility index (Phi) is 6.86. The van der Waals surface area contributed by atoms with Crippen LogP contribution in [0.2, 0.25) is 0 Å². The summed E-state index contributed by atoms with van der Waals surface area (Å²) in [4.78, 5) is 14.6. The van der Waals surface area contributed by atoms with E-state index >= 15 is 0 Å². The van der Waals surface area contributed by atoms with Crippen molar-refractivity contribution in [2.75, 3.05) is 0 Å². The van der Waals surface area contributed by atoms with Gasteiger partial charge < -0.3 is 13.7 Å². The fraction of sp³-hybridized carbons (Fsp3) is 0.0962. The molecule has 0 aliphatic carbocycles. The van der Waals surface area contributed by atoms with E-state index in [0.717, 1.165) is 62.3 Å². The molecule has 0 radical (unpaired) electrons. The van der Waals surface area contributed by atoms with Crippen LogP contribution in [0.15, 0.2) is 151 Å². The monoisotopic (exact) mass is 746 g/mol. The highest BCUT2D eigenvalue weighted by Crippen LogP contribution is 2.43. The topological polar surface area (TPSA) is 52.9 Å². The van der Waals surface area contributed by atoms with Crippen molar-refractivity contribution in [1.29, 1.82) is 0 Å². The smallest absolute Gasteiger partial charge is 0.0724 e. The van der Waals surface area contributed by atoms with Gasteiger partial charge in [-0.05, 0) is 112 Å². The second-order valence-corrected chi connectivity index (χ2v) is 16.1. The molecule has 0 amide bonds. The van der Waals surface area contributed by atoms with Crippen molar-refractivity contribution < 1.29 is 0 Å². The quantitative estimate of drug-likeness (QED) is 0.180. The van der Waals surface area contributed by atoms with Gasteiger partial charge in [0.25, 0.3) is 0 Å². The second kappa shape index (κ2) is 12.1. The second-order valence-electron chi connectivity index (χ2n) is 16.1. The Balaban J connectivity index is 1.31. The molecule has 0 saturated carbocycles. The van der Waals surface area contributed by atoms with Crippen molar-refractivity contribution in [2.45, 2.75) is 34.1 Å². The molecule has 1 aliphatic rings. The van der Waals surface area contributed by atoms with E-state index in [1.165, 1.54) is 71.4 Å². The summed E-state index contributed by atoms with van der Waals surface area (Å²) in [7, 11) is 0. The highest BCUT2D eigenvalue weighted by Gasteiger charge is 2.27. The molecular weight excluding hydrogens is 709 g/mol. The van der Waals surface area contributed by atoms with Crippen LogP contribution >= 0.6 is 0 Å². The maximum atomic E-state index is 5.40. The number of fused-ring (bicyclic) bond motifs is 10. The lowest BCUT2D eigenvalue weighted by Crippen LogP contribution is -2.12. The van der Waals surface area contributed by atoms with Gasteiger partial charge in [-0.2, -0.15) is 0 Å². The molecule has 0 unspecified atom stereocenters. The largest absolute Gasteiger partial charge is 0.308 e. The molecule has 6 heterocycles. The van der Waals surface area contributed by atoms with Crippen molar-refractivity contribution in [2.24, 2.45) is 4.99 Å². The predicted octanol–water partition coefficient (Wildman–Crippen LogP) is 12.7. The van der Waals surface area contributed by atoms with E-state index in [1.54, 1.807) is 0 Å². The van der Waals surface area contributed by atoms with Gasteiger partial charge in [-0.3, -0.25) is 15.0 Å². The van der Waals surface area contributed by atoms with Crippen LogP contribution in [0, 0.1) is 27.7 Å². The fourth-order valence-corrected chi connectivity index (χ4v) is 9.62. The number of aromatic nitrogens is 5. The van der Waals surface area contributed by atoms with E-state index in [2.05, 4.69) is 173 Å². The molecule has 6 heteroatoms. The Morgan fingerprint density at radius 3 is 1.33 bits per heavy atom. The normalized spacial score (nSPS) is 12.9. The van der Waals surface area contributed by atoms with E-state index in [-0.39, 0.29) is 0 Å². The van der Waals surface area contributed by atoms with Crippen LogP contribution in [0.25, 0.3) is 82.5 Å². The molecule has 12 rings (SSSR count). The molecule has 0 fully saturated rings. The predicted molar refractivity (Wildman–Crippen MR) is 240 cm³/mol. The number of benzene rings is 6. The molecule has 6 nitrogen and oxygen atoms in total. The van der Waals surface area contributed by atoms with Crippen LogP contribution in [0.4, 0.5) is 5.69 Å². The van der Waals surface area contributed by atoms with Crippen molar-refractivity contribution in [1.82, 2.24) is 23.7 Å². The third-order valence-corrected chi connectivity index (χ3v) is 12.3. The van der Waals surface area contributed by atoms with E-state index in [1.807, 2.05) is 24.8 Å². The van der Waals surface area contributed by atoms with Crippen LogP contribution < -0.4 is 0 Å². The van der Waals surface area contributed by atoms with Crippen molar-refractivity contribution in [3.8, 4) is 17.1 Å². The molecule has 58 heavy (non-hydrogen) atoms. The van der Waals surface area contributed by atoms with Gasteiger partial charge in [-0.15, -0.1) is 0 Å². The van der Waals surface area contributed by atoms with Crippen molar-refractivity contribution in [3.05, 3.63) is 179 Å². The maximum absolute atomic E-state index is 5.40. The van der Waals surface area contributed by atoms with Gasteiger partial charge in [0.05, 0.1) is 61.6 Å². The van der Waals surface area contributed by atoms with Gasteiger partial charge in [0.15, 0.2) is 0 Å². The summed E-state index contributed by atoms with van der Waals surface area (Å²) in [5, 5.41) is 7.11. The van der Waals surface area contributed by atoms with Gasteiger partial charge in [0, 0.05) is 69.1 Å². The molecule has 0 saturated heterocycles. The summed E-state index contributed by atoms with van der Waals surface area (Å²) in [5.74, 6) is 0. The van der Waals surface area contributed by atoms with Crippen LogP contribution in [-0.2, 0) is 6.42 Å². The van der Waals surface area contributed by atoms with Gasteiger partial charge in [0.2, 0.25) is 0 Å². The highest BCUT2D eigenvalue weighted by atomic mass is 15.1. The summed E-state index contributed by atoms with van der Waals surface area (Å²) in [6.07, 6.45) is 8.45. The van der Waals surface area contributed by atoms with Crippen molar-refractivity contribution in [3.63, 3.8) is 0 Å². The van der Waals surface area contributed by atoms with Crippen LogP contribution in [0.1, 0.15) is 33.4 Å². The molecule has 5 aromatic heterocycles. The Bertz CT molecular complexity index is 3420. The highest BCUT2D eigenvalue weighted by molar-refractivity contribution is 6.16. The number of aliphatic imine (C=N–C) groups is 1. The van der Waals surface area contributed by atoms with Gasteiger partial charge in [0.1, 0.15) is 0 Å². The average Bonchev–Trinajstić information content (AvgIpc) is 3.98. The number of aryl methyl sites for hydroxylation is 4. The number of rotatable bonds is 4. The Labute approximate surface area is 335 Å². The molecule has 0 N–H and O–H groups in total. The average molecular weight is 747 g/mol. The lowest BCUT2D eigenvalue weighted by Gasteiger charge is -2.22. The molecule has 276 valence electrons. The zero-order valence-electron chi connectivity index (χ0n) is 32.7. The molecular formula is C52H38N6. The number of pyridine rings is 2. The fourth-order valence-electron chi connectivity index (χ4n) is 9.62. The Morgan fingerprint density at radius 2 is 0.845 bits per heavy atom. The van der Waals surface area contributed by atoms with E-state index in [4.69, 9.17) is 4.99 Å². The van der Waals surface area contributed by atoms with E-state index < -0.39 is 0 Å². The summed E-state index contributed by atoms with van der Waals surface area (Å²) in [6, 6.07) is 45.2. The number of hydrogen-bond donors (Lipinski definition) is 0. The minimum Gasteiger partial charge on any atom is -0.308 e. The molecule has 11 aromatic rings. The lowest BCUT2D eigenvalue weighted by molar-refractivity contribution is 1.07. The number of para-hydroxylation sites is 1. The summed E-state index contributed by atoms with van der Waals surface area (Å²) in [6.45, 7) is 8.74. The summed E-state index contributed by atoms with van der Waals surface area (Å²) >= 11 is 0. The van der Waals surface area contributed by atoms with Gasteiger partial charge in [-0.1, -0.05) is 64.7 Å². The summed E-state index contributed by atoms with van der Waals surface area (Å²) < 4.78 is 7.39. The SMILES string of the molecule is Cc1ccc2c(c1)c1cc(C)ccc1n2-c1cc(C2=Nc3ccccc3C2)c(-n2c3ccncc3c3cnccc32)cc1-n1c2ccc(C)cc2c2cc(C)ccc21. The van der Waals surface area contributed by atoms with E-state index in [9.17, 15) is 0 Å². The first-order chi connectivity index (χ1) is 28.4. The molecule has 0 spiro atoms. The minimum atomic E-state index is 0.738. The number of hydrogen-bond acceptors (Lipinski definition) is 3. The maximum Gasteiger partial charge on any atom is 0.0724 e. The first-order valence-corrected chi connectivity index (χ1v) is 20.0. The zero-order valence-corrected chi connectivity index (χ0v) is 32.7. The number of nitrogens with zero attached hydrogens (tertiary/aromatic N) is 6.